The van der Waals surface area contributed by atoms with Gasteiger partial charge in [0.1, 0.15) is 11.6 Å². The van der Waals surface area contributed by atoms with Gasteiger partial charge in [-0.2, -0.15) is 0 Å². The summed E-state index contributed by atoms with van der Waals surface area (Å²) in [5.74, 6) is 0.687. The van der Waals surface area contributed by atoms with Gasteiger partial charge in [-0.3, -0.25) is 0 Å². The second-order valence-electron chi connectivity index (χ2n) is 3.35. The maximum absolute atomic E-state index is 13.5. The third kappa shape index (κ3) is 1.41. The smallest absolute Gasteiger partial charge is 0.129 e. The van der Waals surface area contributed by atoms with E-state index in [1.165, 1.54) is 0 Å². The van der Waals surface area contributed by atoms with E-state index < -0.39 is 0 Å². The highest BCUT2D eigenvalue weighted by atomic mass is 19.1. The quantitative estimate of drug-likeness (QED) is 0.648. The van der Waals surface area contributed by atoms with Gasteiger partial charge in [0, 0.05) is 0 Å². The molecule has 0 fully saturated rings. The van der Waals surface area contributed by atoms with Crippen molar-refractivity contribution in [1.29, 1.82) is 0 Å². The molecule has 72 valence electrons. The fourth-order valence-electron chi connectivity index (χ4n) is 1.54. The normalized spacial score (nSPS) is 10.3. The molecule has 1 aromatic carbocycles. The molecule has 2 heteroatoms. The van der Waals surface area contributed by atoms with E-state index in [1.807, 2.05) is 13.8 Å². The molecule has 0 amide bonds. The van der Waals surface area contributed by atoms with Crippen LogP contribution in [0.3, 0.4) is 0 Å². The van der Waals surface area contributed by atoms with Gasteiger partial charge in [0.05, 0.1) is 7.11 Å². The van der Waals surface area contributed by atoms with Crippen LogP contribution in [0.5, 0.6) is 5.75 Å². The summed E-state index contributed by atoms with van der Waals surface area (Å²) in [5, 5.41) is 0. The molecule has 0 N–H and O–H groups in total. The highest BCUT2D eigenvalue weighted by molar-refractivity contribution is 5.49. The van der Waals surface area contributed by atoms with E-state index in [0.717, 1.165) is 16.9 Å². The molecule has 13 heavy (non-hydrogen) atoms. The number of ether oxygens (including phenoxy) is 1. The molecular formula is C11H15FO. The lowest BCUT2D eigenvalue weighted by molar-refractivity contribution is 0.405. The summed E-state index contributed by atoms with van der Waals surface area (Å²) in [6.07, 6.45) is 0. The van der Waals surface area contributed by atoms with Crippen molar-refractivity contribution in [3.63, 3.8) is 0 Å². The Morgan fingerprint density at radius 1 is 0.846 bits per heavy atom. The maximum Gasteiger partial charge on any atom is 0.129 e. The van der Waals surface area contributed by atoms with Crippen LogP contribution in [0.2, 0.25) is 0 Å². The van der Waals surface area contributed by atoms with Crippen LogP contribution in [-0.2, 0) is 0 Å². The van der Waals surface area contributed by atoms with Crippen LogP contribution in [-0.4, -0.2) is 7.11 Å². The van der Waals surface area contributed by atoms with Crippen molar-refractivity contribution >= 4 is 0 Å². The molecule has 1 aromatic rings. The molecule has 1 nitrogen and oxygen atoms in total. The minimum absolute atomic E-state index is 0.115. The molecule has 0 bridgehead atoms. The molecule has 0 aliphatic rings. The number of benzene rings is 1. The fourth-order valence-corrected chi connectivity index (χ4v) is 1.54. The third-order valence-electron chi connectivity index (χ3n) is 2.67. The minimum Gasteiger partial charge on any atom is -0.496 e. The van der Waals surface area contributed by atoms with Gasteiger partial charge in [0.2, 0.25) is 0 Å². The van der Waals surface area contributed by atoms with Crippen molar-refractivity contribution < 1.29 is 9.13 Å². The highest BCUT2D eigenvalue weighted by Gasteiger charge is 2.14. The lowest BCUT2D eigenvalue weighted by atomic mass is 9.99. The predicted octanol–water partition coefficient (Wildman–Crippen LogP) is 3.07. The van der Waals surface area contributed by atoms with Gasteiger partial charge < -0.3 is 4.74 Å². The lowest BCUT2D eigenvalue weighted by Crippen LogP contribution is -2.00. The number of halogens is 1. The number of methoxy groups -OCH3 is 1. The molecule has 1 rings (SSSR count). The zero-order valence-corrected chi connectivity index (χ0v) is 8.79. The summed E-state index contributed by atoms with van der Waals surface area (Å²) >= 11 is 0. The van der Waals surface area contributed by atoms with Gasteiger partial charge in [-0.25, -0.2) is 4.39 Å². The van der Waals surface area contributed by atoms with E-state index in [9.17, 15) is 4.39 Å². The van der Waals surface area contributed by atoms with Crippen molar-refractivity contribution in [2.75, 3.05) is 7.11 Å². The molecular weight excluding hydrogens is 167 g/mol. The van der Waals surface area contributed by atoms with Crippen LogP contribution < -0.4 is 4.74 Å². The van der Waals surface area contributed by atoms with E-state index in [1.54, 1.807) is 21.0 Å². The van der Waals surface area contributed by atoms with E-state index in [-0.39, 0.29) is 5.82 Å². The number of rotatable bonds is 1. The first-order chi connectivity index (χ1) is 6.00. The molecule has 0 saturated carbocycles. The van der Waals surface area contributed by atoms with E-state index in [2.05, 4.69) is 0 Å². The monoisotopic (exact) mass is 182 g/mol. The second kappa shape index (κ2) is 3.36. The summed E-state index contributed by atoms with van der Waals surface area (Å²) in [6, 6.07) is 0. The second-order valence-corrected chi connectivity index (χ2v) is 3.35. The van der Waals surface area contributed by atoms with E-state index in [4.69, 9.17) is 4.74 Å². The number of hydrogen-bond acceptors (Lipinski definition) is 1. The Kier molecular flexibility index (Phi) is 2.60. The molecule has 0 spiro atoms. The van der Waals surface area contributed by atoms with E-state index >= 15 is 0 Å². The molecule has 0 aliphatic carbocycles. The third-order valence-corrected chi connectivity index (χ3v) is 2.67. The highest BCUT2D eigenvalue weighted by Crippen LogP contribution is 2.30. The summed E-state index contributed by atoms with van der Waals surface area (Å²) in [5.41, 5.74) is 3.14. The Morgan fingerprint density at radius 2 is 1.23 bits per heavy atom. The van der Waals surface area contributed by atoms with Gasteiger partial charge in [-0.15, -0.1) is 0 Å². The zero-order chi connectivity index (χ0) is 10.2. The van der Waals surface area contributed by atoms with E-state index in [0.29, 0.717) is 11.1 Å². The predicted molar refractivity (Wildman–Crippen MR) is 51.9 cm³/mol. The van der Waals surface area contributed by atoms with Crippen molar-refractivity contribution in [1.82, 2.24) is 0 Å². The topological polar surface area (TPSA) is 9.23 Å². The summed E-state index contributed by atoms with van der Waals surface area (Å²) in [6.45, 7) is 7.31. The number of hydrogen-bond donors (Lipinski definition) is 0. The van der Waals surface area contributed by atoms with Crippen molar-refractivity contribution in [2.45, 2.75) is 27.7 Å². The van der Waals surface area contributed by atoms with Gasteiger partial charge >= 0.3 is 0 Å². The first kappa shape index (κ1) is 10.0. The largest absolute Gasteiger partial charge is 0.496 e. The van der Waals surface area contributed by atoms with Crippen LogP contribution in [0.25, 0.3) is 0 Å². The summed E-state index contributed by atoms with van der Waals surface area (Å²) in [4.78, 5) is 0. The first-order valence-corrected chi connectivity index (χ1v) is 4.30. The zero-order valence-electron chi connectivity index (χ0n) is 8.79. The molecule has 0 heterocycles. The van der Waals surface area contributed by atoms with Gasteiger partial charge in [-0.05, 0) is 49.9 Å². The Balaban J connectivity index is 3.56. The maximum atomic E-state index is 13.5. The Bertz CT molecular complexity index is 313. The Labute approximate surface area is 78.5 Å². The molecule has 0 aliphatic heterocycles. The summed E-state index contributed by atoms with van der Waals surface area (Å²) < 4.78 is 18.7. The van der Waals surface area contributed by atoms with Gasteiger partial charge in [0.25, 0.3) is 0 Å². The van der Waals surface area contributed by atoms with Crippen molar-refractivity contribution in [3.05, 3.63) is 28.1 Å². The van der Waals surface area contributed by atoms with Crippen LogP contribution in [0.4, 0.5) is 4.39 Å². The molecule has 0 unspecified atom stereocenters. The average Bonchev–Trinajstić information content (AvgIpc) is 2.13. The van der Waals surface area contributed by atoms with Crippen molar-refractivity contribution in [2.24, 2.45) is 0 Å². The van der Waals surface area contributed by atoms with Crippen LogP contribution in [0.15, 0.2) is 0 Å². The minimum atomic E-state index is -0.115. The Hall–Kier alpha value is -1.05. The van der Waals surface area contributed by atoms with Gasteiger partial charge in [0.15, 0.2) is 0 Å². The van der Waals surface area contributed by atoms with Crippen LogP contribution in [0.1, 0.15) is 22.3 Å². The lowest BCUT2D eigenvalue weighted by Gasteiger charge is -2.14. The molecule has 0 saturated heterocycles. The Morgan fingerprint density at radius 3 is 1.54 bits per heavy atom. The van der Waals surface area contributed by atoms with Crippen LogP contribution in [0, 0.1) is 33.5 Å². The SMILES string of the molecule is COc1c(C)c(C)c(F)c(C)c1C. The first-order valence-electron chi connectivity index (χ1n) is 4.30. The van der Waals surface area contributed by atoms with Crippen LogP contribution >= 0.6 is 0 Å². The molecule has 0 atom stereocenters. The van der Waals surface area contributed by atoms with Gasteiger partial charge in [-0.1, -0.05) is 0 Å². The van der Waals surface area contributed by atoms with Crippen molar-refractivity contribution in [3.8, 4) is 5.75 Å². The standard InChI is InChI=1S/C11H15FO/c1-6-8(3)11(13-5)9(4)7(2)10(6)12/h1-5H3. The molecule has 0 aromatic heterocycles. The molecule has 0 radical (unpaired) electrons. The summed E-state index contributed by atoms with van der Waals surface area (Å²) in [7, 11) is 1.62. The fraction of sp³-hybridized carbons (Fsp3) is 0.455. The average molecular weight is 182 g/mol.